The highest BCUT2D eigenvalue weighted by Crippen LogP contribution is 2.40. The van der Waals surface area contributed by atoms with Crippen LogP contribution in [0.1, 0.15) is 46.0 Å². The van der Waals surface area contributed by atoms with E-state index in [9.17, 15) is 9.90 Å². The van der Waals surface area contributed by atoms with Crippen LogP contribution < -0.4 is 0 Å². The maximum Gasteiger partial charge on any atom is 0.310 e. The molecule has 1 heterocycles. The predicted molar refractivity (Wildman–Crippen MR) is 74.2 cm³/mol. The Bertz CT molecular complexity index is 321. The quantitative estimate of drug-likeness (QED) is 0.854. The highest BCUT2D eigenvalue weighted by atomic mass is 16.5. The largest absolute Gasteiger partial charge is 0.481 e. The van der Waals surface area contributed by atoms with E-state index < -0.39 is 11.4 Å². The molecule has 2 fully saturated rings. The highest BCUT2D eigenvalue weighted by Gasteiger charge is 2.43. The van der Waals surface area contributed by atoms with E-state index in [2.05, 4.69) is 18.7 Å². The van der Waals surface area contributed by atoms with Gasteiger partial charge in [0.05, 0.1) is 11.5 Å². The van der Waals surface area contributed by atoms with Crippen LogP contribution in [0.4, 0.5) is 0 Å². The summed E-state index contributed by atoms with van der Waals surface area (Å²) in [6, 6.07) is 0. The fourth-order valence-electron chi connectivity index (χ4n) is 3.72. The average Bonchev–Trinajstić information content (AvgIpc) is 2.53. The number of rotatable bonds is 3. The minimum absolute atomic E-state index is 0.217. The van der Waals surface area contributed by atoms with Gasteiger partial charge in [0.25, 0.3) is 0 Å². The van der Waals surface area contributed by atoms with Crippen molar-refractivity contribution in [1.82, 2.24) is 4.90 Å². The van der Waals surface area contributed by atoms with Crippen LogP contribution >= 0.6 is 0 Å². The number of nitrogens with zero attached hydrogens (tertiary/aromatic N) is 1. The van der Waals surface area contributed by atoms with E-state index in [4.69, 9.17) is 4.74 Å². The van der Waals surface area contributed by atoms with Crippen molar-refractivity contribution in [3.8, 4) is 0 Å². The lowest BCUT2D eigenvalue weighted by atomic mass is 9.69. The third-order valence-electron chi connectivity index (χ3n) is 4.61. The minimum atomic E-state index is -0.600. The Balaban J connectivity index is 2.05. The van der Waals surface area contributed by atoms with Crippen molar-refractivity contribution in [2.45, 2.75) is 52.1 Å². The summed E-state index contributed by atoms with van der Waals surface area (Å²) in [4.78, 5) is 14.1. The van der Waals surface area contributed by atoms with Gasteiger partial charge in [-0.3, -0.25) is 9.69 Å². The molecule has 1 saturated carbocycles. The molecule has 2 aliphatic rings. The van der Waals surface area contributed by atoms with Crippen LogP contribution in [-0.4, -0.2) is 48.3 Å². The molecule has 3 unspecified atom stereocenters. The Morgan fingerprint density at radius 3 is 2.89 bits per heavy atom. The van der Waals surface area contributed by atoms with Gasteiger partial charge in [-0.15, -0.1) is 0 Å². The molecule has 1 saturated heterocycles. The molecule has 0 aromatic carbocycles. The van der Waals surface area contributed by atoms with E-state index >= 15 is 0 Å². The van der Waals surface area contributed by atoms with Crippen molar-refractivity contribution in [3.63, 3.8) is 0 Å². The molecule has 0 amide bonds. The van der Waals surface area contributed by atoms with E-state index in [1.165, 1.54) is 6.42 Å². The van der Waals surface area contributed by atoms with Gasteiger partial charge in [-0.25, -0.2) is 0 Å². The van der Waals surface area contributed by atoms with Crippen LogP contribution in [-0.2, 0) is 9.53 Å². The lowest BCUT2D eigenvalue weighted by Gasteiger charge is -2.40. The predicted octanol–water partition coefficient (Wildman–Crippen LogP) is 2.38. The third-order valence-corrected chi connectivity index (χ3v) is 4.61. The Hall–Kier alpha value is -0.610. The summed E-state index contributed by atoms with van der Waals surface area (Å²) >= 11 is 0. The zero-order valence-electron chi connectivity index (χ0n) is 12.2. The molecule has 0 bridgehead atoms. The summed E-state index contributed by atoms with van der Waals surface area (Å²) in [6.45, 7) is 7.59. The standard InChI is InChI=1S/C15H27NO3/c1-12-5-3-6-15(9-12,14(17)18)11-16-7-4-8-19-13(2)10-16/h12-13H,3-11H2,1-2H3,(H,17,18). The molecule has 4 nitrogen and oxygen atoms in total. The molecular formula is C15H27NO3. The molecule has 4 heteroatoms. The van der Waals surface area contributed by atoms with E-state index in [1.807, 2.05) is 0 Å². The molecule has 19 heavy (non-hydrogen) atoms. The Kier molecular flexibility index (Phi) is 4.85. The average molecular weight is 269 g/mol. The summed E-state index contributed by atoms with van der Waals surface area (Å²) in [5, 5.41) is 9.72. The van der Waals surface area contributed by atoms with Crippen LogP contribution in [0.3, 0.4) is 0 Å². The number of hydrogen-bond donors (Lipinski definition) is 1. The zero-order valence-corrected chi connectivity index (χ0v) is 12.2. The van der Waals surface area contributed by atoms with Crippen molar-refractivity contribution in [1.29, 1.82) is 0 Å². The summed E-state index contributed by atoms with van der Waals surface area (Å²) in [6.07, 6.45) is 5.11. The number of aliphatic carboxylic acids is 1. The number of carboxylic acids is 1. The maximum atomic E-state index is 11.8. The first-order valence-electron chi connectivity index (χ1n) is 7.59. The van der Waals surface area contributed by atoms with E-state index in [1.54, 1.807) is 0 Å². The van der Waals surface area contributed by atoms with E-state index in [-0.39, 0.29) is 6.10 Å². The maximum absolute atomic E-state index is 11.8. The Morgan fingerprint density at radius 2 is 2.21 bits per heavy atom. The second kappa shape index (κ2) is 6.23. The SMILES string of the molecule is CC1CCCC(CN2CCCOC(C)C2)(C(=O)O)C1. The van der Waals surface area contributed by atoms with Gasteiger partial charge in [-0.05, 0) is 32.1 Å². The summed E-state index contributed by atoms with van der Waals surface area (Å²) in [5.41, 5.74) is -0.526. The molecule has 2 rings (SSSR count). The van der Waals surface area contributed by atoms with Gasteiger partial charge in [-0.2, -0.15) is 0 Å². The Morgan fingerprint density at radius 1 is 1.42 bits per heavy atom. The molecule has 0 aromatic rings. The van der Waals surface area contributed by atoms with Crippen molar-refractivity contribution in [2.75, 3.05) is 26.2 Å². The number of carbonyl (C=O) groups is 1. The van der Waals surface area contributed by atoms with Crippen molar-refractivity contribution in [2.24, 2.45) is 11.3 Å². The molecular weight excluding hydrogens is 242 g/mol. The normalized spacial score (nSPS) is 37.8. The number of carboxylic acid groups (broad SMARTS) is 1. The molecule has 0 aromatic heterocycles. The summed E-state index contributed by atoms with van der Waals surface area (Å²) < 4.78 is 5.65. The smallest absolute Gasteiger partial charge is 0.310 e. The van der Waals surface area contributed by atoms with Gasteiger partial charge in [0.1, 0.15) is 0 Å². The van der Waals surface area contributed by atoms with E-state index in [0.29, 0.717) is 12.5 Å². The minimum Gasteiger partial charge on any atom is -0.481 e. The van der Waals surface area contributed by atoms with Crippen LogP contribution in [0.2, 0.25) is 0 Å². The van der Waals surface area contributed by atoms with Crippen LogP contribution in [0, 0.1) is 11.3 Å². The second-order valence-electron chi connectivity index (χ2n) is 6.56. The molecule has 1 aliphatic carbocycles. The van der Waals surface area contributed by atoms with Crippen LogP contribution in [0.25, 0.3) is 0 Å². The third kappa shape index (κ3) is 3.69. The highest BCUT2D eigenvalue weighted by molar-refractivity contribution is 5.75. The Labute approximate surface area is 116 Å². The van der Waals surface area contributed by atoms with Crippen LogP contribution in [0.15, 0.2) is 0 Å². The molecule has 0 radical (unpaired) electrons. The first-order chi connectivity index (χ1) is 9.02. The molecule has 110 valence electrons. The van der Waals surface area contributed by atoms with Crippen molar-refractivity contribution in [3.05, 3.63) is 0 Å². The van der Waals surface area contributed by atoms with Crippen molar-refractivity contribution < 1.29 is 14.6 Å². The second-order valence-corrected chi connectivity index (χ2v) is 6.56. The first-order valence-corrected chi connectivity index (χ1v) is 7.59. The van der Waals surface area contributed by atoms with Gasteiger partial charge >= 0.3 is 5.97 Å². The monoisotopic (exact) mass is 269 g/mol. The van der Waals surface area contributed by atoms with Gasteiger partial charge in [0.15, 0.2) is 0 Å². The lowest BCUT2D eigenvalue weighted by Crippen LogP contribution is -2.47. The van der Waals surface area contributed by atoms with Crippen molar-refractivity contribution >= 4 is 5.97 Å². The fraction of sp³-hybridized carbons (Fsp3) is 0.933. The zero-order chi connectivity index (χ0) is 13.9. The van der Waals surface area contributed by atoms with Gasteiger partial charge in [-0.1, -0.05) is 19.8 Å². The first kappa shape index (κ1) is 14.8. The summed E-state index contributed by atoms with van der Waals surface area (Å²) in [7, 11) is 0. The van der Waals surface area contributed by atoms with Gasteiger partial charge < -0.3 is 9.84 Å². The van der Waals surface area contributed by atoms with Gasteiger partial charge in [0, 0.05) is 26.2 Å². The number of ether oxygens (including phenoxy) is 1. The molecule has 0 spiro atoms. The molecule has 1 aliphatic heterocycles. The van der Waals surface area contributed by atoms with Gasteiger partial charge in [0.2, 0.25) is 0 Å². The summed E-state index contributed by atoms with van der Waals surface area (Å²) in [5.74, 6) is -0.0673. The van der Waals surface area contributed by atoms with Crippen LogP contribution in [0.5, 0.6) is 0 Å². The number of hydrogen-bond acceptors (Lipinski definition) is 3. The topological polar surface area (TPSA) is 49.8 Å². The lowest BCUT2D eigenvalue weighted by molar-refractivity contribution is -0.153. The fourth-order valence-corrected chi connectivity index (χ4v) is 3.72. The molecule has 3 atom stereocenters. The molecule has 1 N–H and O–H groups in total. The van der Waals surface area contributed by atoms with E-state index in [0.717, 1.165) is 45.4 Å².